The van der Waals surface area contributed by atoms with E-state index in [2.05, 4.69) is 41.4 Å². The van der Waals surface area contributed by atoms with Crippen molar-refractivity contribution in [2.24, 2.45) is 0 Å². The molecule has 0 heterocycles. The molecule has 0 saturated heterocycles. The second-order valence-electron chi connectivity index (χ2n) is 4.56. The summed E-state index contributed by atoms with van der Waals surface area (Å²) in [7, 11) is 4.09. The van der Waals surface area contributed by atoms with E-state index in [0.29, 0.717) is 6.04 Å². The molecular weight excluding hydrogens is 212 g/mol. The van der Waals surface area contributed by atoms with E-state index in [4.69, 9.17) is 5.11 Å². The highest BCUT2D eigenvalue weighted by Gasteiger charge is 2.04. The van der Waals surface area contributed by atoms with Crippen molar-refractivity contribution in [2.45, 2.75) is 32.4 Å². The third kappa shape index (κ3) is 4.75. The number of anilines is 1. The zero-order valence-corrected chi connectivity index (χ0v) is 11.1. The monoisotopic (exact) mass is 236 g/mol. The maximum atomic E-state index is 8.92. The third-order valence-corrected chi connectivity index (χ3v) is 3.02. The first-order valence-corrected chi connectivity index (χ1v) is 6.28. The van der Waals surface area contributed by atoms with Crippen molar-refractivity contribution in [3.05, 3.63) is 29.8 Å². The maximum absolute atomic E-state index is 8.92. The fraction of sp³-hybridized carbons (Fsp3) is 0.571. The Morgan fingerprint density at radius 3 is 2.35 bits per heavy atom. The summed E-state index contributed by atoms with van der Waals surface area (Å²) < 4.78 is 0. The lowest BCUT2D eigenvalue weighted by molar-refractivity contribution is 0.262. The average Bonchev–Trinajstić information content (AvgIpc) is 2.35. The van der Waals surface area contributed by atoms with Crippen molar-refractivity contribution < 1.29 is 5.11 Å². The predicted octanol–water partition coefficient (Wildman–Crippen LogP) is 2.00. The Labute approximate surface area is 104 Å². The molecule has 0 radical (unpaired) electrons. The second kappa shape index (κ2) is 7.30. The van der Waals surface area contributed by atoms with E-state index >= 15 is 0 Å². The van der Waals surface area contributed by atoms with E-state index in [-0.39, 0.29) is 6.61 Å². The molecule has 0 spiro atoms. The molecule has 1 atom stereocenters. The fourth-order valence-electron chi connectivity index (χ4n) is 1.78. The van der Waals surface area contributed by atoms with Gasteiger partial charge in [0.15, 0.2) is 0 Å². The number of nitrogens with zero attached hydrogens (tertiary/aromatic N) is 1. The molecular formula is C14H24N2O. The molecule has 96 valence electrons. The summed E-state index contributed by atoms with van der Waals surface area (Å²) in [4.78, 5) is 2.10. The maximum Gasteiger partial charge on any atom is 0.0445 e. The van der Waals surface area contributed by atoms with Gasteiger partial charge >= 0.3 is 0 Å². The fourth-order valence-corrected chi connectivity index (χ4v) is 1.78. The van der Waals surface area contributed by atoms with E-state index in [1.807, 2.05) is 14.1 Å². The Hall–Kier alpha value is -1.06. The van der Waals surface area contributed by atoms with E-state index in [1.165, 1.54) is 11.3 Å². The van der Waals surface area contributed by atoms with Crippen molar-refractivity contribution in [1.82, 2.24) is 5.32 Å². The zero-order valence-electron chi connectivity index (χ0n) is 11.1. The van der Waals surface area contributed by atoms with Gasteiger partial charge in [-0.3, -0.25) is 0 Å². The van der Waals surface area contributed by atoms with Crippen molar-refractivity contribution >= 4 is 5.69 Å². The van der Waals surface area contributed by atoms with Gasteiger partial charge in [0.1, 0.15) is 0 Å². The minimum Gasteiger partial charge on any atom is -0.396 e. The van der Waals surface area contributed by atoms with Crippen LogP contribution in [0.5, 0.6) is 0 Å². The van der Waals surface area contributed by atoms with Gasteiger partial charge < -0.3 is 15.3 Å². The van der Waals surface area contributed by atoms with Gasteiger partial charge in [0.25, 0.3) is 0 Å². The van der Waals surface area contributed by atoms with Crippen LogP contribution >= 0.6 is 0 Å². The number of hydrogen-bond acceptors (Lipinski definition) is 3. The molecule has 1 aromatic rings. The molecule has 0 amide bonds. The smallest absolute Gasteiger partial charge is 0.0445 e. The normalized spacial score (nSPS) is 12.5. The highest BCUT2D eigenvalue weighted by atomic mass is 16.3. The van der Waals surface area contributed by atoms with Crippen LogP contribution in [-0.2, 0) is 6.54 Å². The molecule has 3 heteroatoms. The highest BCUT2D eigenvalue weighted by Crippen LogP contribution is 2.12. The Morgan fingerprint density at radius 2 is 1.88 bits per heavy atom. The lowest BCUT2D eigenvalue weighted by atomic mass is 10.1. The zero-order chi connectivity index (χ0) is 12.7. The van der Waals surface area contributed by atoms with Gasteiger partial charge in [-0.15, -0.1) is 0 Å². The van der Waals surface area contributed by atoms with Crippen LogP contribution in [0.2, 0.25) is 0 Å². The molecule has 0 aliphatic carbocycles. The van der Waals surface area contributed by atoms with Crippen molar-refractivity contribution in [3.63, 3.8) is 0 Å². The van der Waals surface area contributed by atoms with Crippen molar-refractivity contribution in [3.8, 4) is 0 Å². The van der Waals surface area contributed by atoms with E-state index < -0.39 is 0 Å². The lowest BCUT2D eigenvalue weighted by Crippen LogP contribution is -2.28. The minimum atomic E-state index is 0.255. The minimum absolute atomic E-state index is 0.255. The number of aliphatic hydroxyl groups is 1. The largest absolute Gasteiger partial charge is 0.396 e. The van der Waals surface area contributed by atoms with Gasteiger partial charge in [-0.25, -0.2) is 0 Å². The molecule has 0 fully saturated rings. The van der Waals surface area contributed by atoms with Crippen LogP contribution in [0.4, 0.5) is 5.69 Å². The Balaban J connectivity index is 2.46. The third-order valence-electron chi connectivity index (χ3n) is 3.02. The highest BCUT2D eigenvalue weighted by molar-refractivity contribution is 5.45. The van der Waals surface area contributed by atoms with E-state index in [0.717, 1.165) is 19.4 Å². The van der Waals surface area contributed by atoms with Crippen LogP contribution in [0.15, 0.2) is 24.3 Å². The SMILES string of the molecule is CCC(CCO)NCc1ccc(N(C)C)cc1. The van der Waals surface area contributed by atoms with E-state index in [1.54, 1.807) is 0 Å². The van der Waals surface area contributed by atoms with Crippen molar-refractivity contribution in [1.29, 1.82) is 0 Å². The lowest BCUT2D eigenvalue weighted by Gasteiger charge is -2.16. The first-order valence-electron chi connectivity index (χ1n) is 6.28. The molecule has 0 aliphatic heterocycles. The number of benzene rings is 1. The molecule has 0 saturated carbocycles. The Bertz CT molecular complexity index is 309. The summed E-state index contributed by atoms with van der Waals surface area (Å²) in [5.41, 5.74) is 2.50. The van der Waals surface area contributed by atoms with Gasteiger partial charge in [-0.1, -0.05) is 19.1 Å². The standard InChI is InChI=1S/C14H24N2O/c1-4-13(9-10-17)15-11-12-5-7-14(8-6-12)16(2)3/h5-8,13,15,17H,4,9-11H2,1-3H3. The van der Waals surface area contributed by atoms with E-state index in [9.17, 15) is 0 Å². The van der Waals surface area contributed by atoms with Gasteiger partial charge in [-0.05, 0) is 30.5 Å². The average molecular weight is 236 g/mol. The van der Waals surface area contributed by atoms with Crippen molar-refractivity contribution in [2.75, 3.05) is 25.6 Å². The Morgan fingerprint density at radius 1 is 1.24 bits per heavy atom. The summed E-state index contributed by atoms with van der Waals surface area (Å²) in [6.07, 6.45) is 1.88. The van der Waals surface area contributed by atoms with Crippen LogP contribution in [0, 0.1) is 0 Å². The van der Waals surface area contributed by atoms with Crippen LogP contribution in [0.1, 0.15) is 25.3 Å². The molecule has 1 unspecified atom stereocenters. The summed E-state index contributed by atoms with van der Waals surface area (Å²) in [6.45, 7) is 3.26. The van der Waals surface area contributed by atoms with Gasteiger partial charge in [0.2, 0.25) is 0 Å². The molecule has 0 aliphatic rings. The van der Waals surface area contributed by atoms with Gasteiger partial charge in [-0.2, -0.15) is 0 Å². The predicted molar refractivity (Wildman–Crippen MR) is 73.4 cm³/mol. The first-order chi connectivity index (χ1) is 8.17. The number of nitrogens with one attached hydrogen (secondary N) is 1. The molecule has 3 nitrogen and oxygen atoms in total. The topological polar surface area (TPSA) is 35.5 Å². The number of rotatable bonds is 7. The summed E-state index contributed by atoms with van der Waals surface area (Å²) in [6, 6.07) is 8.96. The summed E-state index contributed by atoms with van der Waals surface area (Å²) >= 11 is 0. The molecule has 0 bridgehead atoms. The first kappa shape index (κ1) is 14.0. The quantitative estimate of drug-likeness (QED) is 0.760. The Kier molecular flexibility index (Phi) is 6.01. The van der Waals surface area contributed by atoms with Gasteiger partial charge in [0, 0.05) is 39.0 Å². The van der Waals surface area contributed by atoms with Crippen LogP contribution < -0.4 is 10.2 Å². The molecule has 2 N–H and O–H groups in total. The molecule has 1 aromatic carbocycles. The van der Waals surface area contributed by atoms with Crippen LogP contribution in [0.3, 0.4) is 0 Å². The molecule has 17 heavy (non-hydrogen) atoms. The van der Waals surface area contributed by atoms with Crippen LogP contribution in [-0.4, -0.2) is 31.9 Å². The molecule has 0 aromatic heterocycles. The summed E-state index contributed by atoms with van der Waals surface area (Å²) in [5, 5.41) is 12.4. The van der Waals surface area contributed by atoms with Gasteiger partial charge in [0.05, 0.1) is 0 Å². The summed E-state index contributed by atoms with van der Waals surface area (Å²) in [5.74, 6) is 0. The van der Waals surface area contributed by atoms with Crippen LogP contribution in [0.25, 0.3) is 0 Å². The second-order valence-corrected chi connectivity index (χ2v) is 4.56. The molecule has 1 rings (SSSR count). The number of hydrogen-bond donors (Lipinski definition) is 2. The number of aliphatic hydroxyl groups excluding tert-OH is 1.